The zero-order valence-electron chi connectivity index (χ0n) is 15.3. The van der Waals surface area contributed by atoms with Crippen LogP contribution < -0.4 is 11.2 Å². The Balaban J connectivity index is 1.60. The van der Waals surface area contributed by atoms with Crippen molar-refractivity contribution in [1.82, 2.24) is 19.3 Å². The summed E-state index contributed by atoms with van der Waals surface area (Å²) in [5, 5.41) is 4.56. The first-order valence-corrected chi connectivity index (χ1v) is 9.25. The summed E-state index contributed by atoms with van der Waals surface area (Å²) >= 11 is 0. The molecule has 7 heteroatoms. The summed E-state index contributed by atoms with van der Waals surface area (Å²) in [6.45, 7) is 2.13. The van der Waals surface area contributed by atoms with Crippen molar-refractivity contribution in [3.63, 3.8) is 0 Å². The maximum Gasteiger partial charge on any atom is 0.332 e. The van der Waals surface area contributed by atoms with Gasteiger partial charge < -0.3 is 4.52 Å². The monoisotopic (exact) mass is 374 g/mol. The van der Waals surface area contributed by atoms with Crippen LogP contribution in [0.5, 0.6) is 0 Å². The average Bonchev–Trinajstić information content (AvgIpc) is 3.43. The smallest absolute Gasteiger partial charge is 0.332 e. The summed E-state index contributed by atoms with van der Waals surface area (Å²) in [4.78, 5) is 30.2. The molecule has 0 N–H and O–H groups in total. The van der Waals surface area contributed by atoms with Crippen LogP contribution in [0.3, 0.4) is 0 Å². The Kier molecular flexibility index (Phi) is 3.75. The molecule has 28 heavy (non-hydrogen) atoms. The molecule has 0 bridgehead atoms. The number of benzene rings is 2. The maximum absolute atomic E-state index is 13.0. The molecule has 1 fully saturated rings. The third-order valence-electron chi connectivity index (χ3n) is 5.06. The maximum atomic E-state index is 13.0. The first kappa shape index (κ1) is 16.7. The summed E-state index contributed by atoms with van der Waals surface area (Å²) in [6, 6.07) is 14.9. The van der Waals surface area contributed by atoms with Gasteiger partial charge in [0.2, 0.25) is 11.7 Å². The molecule has 2 heterocycles. The molecule has 0 saturated heterocycles. The van der Waals surface area contributed by atoms with Gasteiger partial charge in [-0.1, -0.05) is 47.1 Å². The molecule has 140 valence electrons. The van der Waals surface area contributed by atoms with Gasteiger partial charge in [0.05, 0.1) is 10.9 Å². The largest absolute Gasteiger partial charge is 0.337 e. The van der Waals surface area contributed by atoms with Crippen LogP contribution in [-0.4, -0.2) is 19.3 Å². The number of aromatic nitrogens is 4. The number of para-hydroxylation sites is 1. The molecule has 0 amide bonds. The highest BCUT2D eigenvalue weighted by Crippen LogP contribution is 2.32. The summed E-state index contributed by atoms with van der Waals surface area (Å²) in [7, 11) is 0. The van der Waals surface area contributed by atoms with Crippen LogP contribution in [0.1, 0.15) is 30.3 Å². The molecule has 7 nitrogen and oxygen atoms in total. The fraction of sp³-hybridized carbons (Fsp3) is 0.238. The highest BCUT2D eigenvalue weighted by atomic mass is 16.5. The first-order valence-electron chi connectivity index (χ1n) is 9.25. The number of fused-ring (bicyclic) bond motifs is 1. The van der Waals surface area contributed by atoms with Crippen LogP contribution in [0.25, 0.3) is 22.3 Å². The van der Waals surface area contributed by atoms with Gasteiger partial charge in [-0.25, -0.2) is 4.79 Å². The fourth-order valence-electron chi connectivity index (χ4n) is 3.42. The lowest BCUT2D eigenvalue weighted by Crippen LogP contribution is -2.39. The normalized spacial score (nSPS) is 13.9. The van der Waals surface area contributed by atoms with Crippen molar-refractivity contribution in [2.24, 2.45) is 0 Å². The summed E-state index contributed by atoms with van der Waals surface area (Å²) < 4.78 is 8.30. The molecule has 2 aromatic heterocycles. The van der Waals surface area contributed by atoms with E-state index >= 15 is 0 Å². The van der Waals surface area contributed by atoms with Crippen molar-refractivity contribution in [2.75, 3.05) is 0 Å². The molecule has 0 radical (unpaired) electrons. The Morgan fingerprint density at radius 3 is 2.57 bits per heavy atom. The lowest BCUT2D eigenvalue weighted by Gasteiger charge is -2.12. The Bertz CT molecular complexity index is 1290. The topological polar surface area (TPSA) is 82.9 Å². The van der Waals surface area contributed by atoms with Gasteiger partial charge in [0.25, 0.3) is 5.56 Å². The van der Waals surface area contributed by atoms with E-state index in [0.717, 1.165) is 24.0 Å². The zero-order valence-corrected chi connectivity index (χ0v) is 15.3. The van der Waals surface area contributed by atoms with E-state index in [1.165, 1.54) is 4.57 Å². The zero-order chi connectivity index (χ0) is 19.3. The lowest BCUT2D eigenvalue weighted by molar-refractivity contribution is 0.369. The quantitative estimate of drug-likeness (QED) is 0.548. The Morgan fingerprint density at radius 1 is 1.07 bits per heavy atom. The van der Waals surface area contributed by atoms with E-state index in [9.17, 15) is 9.59 Å². The van der Waals surface area contributed by atoms with E-state index < -0.39 is 0 Å². The minimum Gasteiger partial charge on any atom is -0.337 e. The second-order valence-electron chi connectivity index (χ2n) is 7.17. The Morgan fingerprint density at radius 2 is 1.82 bits per heavy atom. The minimum atomic E-state index is -0.332. The molecule has 1 aliphatic rings. The van der Waals surface area contributed by atoms with Crippen molar-refractivity contribution in [1.29, 1.82) is 0 Å². The lowest BCUT2D eigenvalue weighted by atomic mass is 10.1. The Hall–Kier alpha value is -3.48. The van der Waals surface area contributed by atoms with Gasteiger partial charge in [-0.3, -0.25) is 13.9 Å². The van der Waals surface area contributed by atoms with Gasteiger partial charge in [-0.15, -0.1) is 0 Å². The fourth-order valence-corrected chi connectivity index (χ4v) is 3.42. The van der Waals surface area contributed by atoms with Crippen LogP contribution in [0.4, 0.5) is 0 Å². The number of aryl methyl sites for hydroxylation is 1. The van der Waals surface area contributed by atoms with E-state index in [1.807, 2.05) is 37.3 Å². The number of hydrogen-bond acceptors (Lipinski definition) is 5. The van der Waals surface area contributed by atoms with Gasteiger partial charge in [-0.05, 0) is 31.9 Å². The summed E-state index contributed by atoms with van der Waals surface area (Å²) in [5.41, 5.74) is 2.00. The van der Waals surface area contributed by atoms with Crippen LogP contribution in [0, 0.1) is 6.92 Å². The van der Waals surface area contributed by atoms with Crippen molar-refractivity contribution in [3.8, 4) is 11.4 Å². The van der Waals surface area contributed by atoms with Gasteiger partial charge >= 0.3 is 5.69 Å². The molecule has 4 aromatic rings. The molecule has 1 saturated carbocycles. The molecule has 0 aliphatic heterocycles. The second-order valence-corrected chi connectivity index (χ2v) is 7.17. The highest BCUT2D eigenvalue weighted by molar-refractivity contribution is 5.78. The third-order valence-corrected chi connectivity index (χ3v) is 5.06. The summed E-state index contributed by atoms with van der Waals surface area (Å²) in [5.74, 6) is 0.798. The van der Waals surface area contributed by atoms with Crippen LogP contribution >= 0.6 is 0 Å². The second kappa shape index (κ2) is 6.30. The first-order chi connectivity index (χ1) is 13.6. The standard InChI is InChI=1S/C21H18N4O3/c1-13-6-8-14(9-7-13)19-22-18(28-23-19)12-24-17-5-3-2-4-16(17)20(26)25(21(24)27)15-10-11-15/h2-9,15H,10-12H2,1H3. The van der Waals surface area contributed by atoms with Crippen molar-refractivity contribution in [2.45, 2.75) is 32.4 Å². The molecular formula is C21H18N4O3. The number of rotatable bonds is 4. The van der Waals surface area contributed by atoms with E-state index in [-0.39, 0.29) is 23.8 Å². The molecule has 2 aromatic carbocycles. The molecule has 5 rings (SSSR count). The van der Waals surface area contributed by atoms with Crippen molar-refractivity contribution in [3.05, 3.63) is 80.8 Å². The van der Waals surface area contributed by atoms with Gasteiger partial charge in [0.15, 0.2) is 0 Å². The van der Waals surface area contributed by atoms with E-state index in [0.29, 0.717) is 22.6 Å². The van der Waals surface area contributed by atoms with Gasteiger partial charge in [0, 0.05) is 11.6 Å². The number of hydrogen-bond donors (Lipinski definition) is 0. The highest BCUT2D eigenvalue weighted by Gasteiger charge is 2.29. The SMILES string of the molecule is Cc1ccc(-c2noc(Cn3c(=O)n(C4CC4)c(=O)c4ccccc43)n2)cc1. The van der Waals surface area contributed by atoms with Crippen molar-refractivity contribution < 1.29 is 4.52 Å². The third kappa shape index (κ3) is 2.76. The summed E-state index contributed by atoms with van der Waals surface area (Å²) in [6.07, 6.45) is 1.71. The Labute approximate surface area is 159 Å². The van der Waals surface area contributed by atoms with Crippen LogP contribution in [0.2, 0.25) is 0 Å². The number of nitrogens with zero attached hydrogens (tertiary/aromatic N) is 4. The van der Waals surface area contributed by atoms with Crippen LogP contribution in [0.15, 0.2) is 62.6 Å². The van der Waals surface area contributed by atoms with Crippen LogP contribution in [-0.2, 0) is 6.54 Å². The van der Waals surface area contributed by atoms with E-state index in [4.69, 9.17) is 4.52 Å². The molecular weight excluding hydrogens is 356 g/mol. The predicted molar refractivity (Wildman–Crippen MR) is 104 cm³/mol. The van der Waals surface area contributed by atoms with Gasteiger partial charge in [0.1, 0.15) is 6.54 Å². The average molecular weight is 374 g/mol. The van der Waals surface area contributed by atoms with Crippen molar-refractivity contribution >= 4 is 10.9 Å². The molecule has 0 atom stereocenters. The molecule has 1 aliphatic carbocycles. The van der Waals surface area contributed by atoms with Gasteiger partial charge in [-0.2, -0.15) is 4.98 Å². The minimum absolute atomic E-state index is 0.0124. The predicted octanol–water partition coefficient (Wildman–Crippen LogP) is 2.90. The van der Waals surface area contributed by atoms with E-state index in [2.05, 4.69) is 10.1 Å². The molecule has 0 spiro atoms. The molecule has 0 unspecified atom stereocenters. The van der Waals surface area contributed by atoms with E-state index in [1.54, 1.807) is 22.8 Å².